The van der Waals surface area contributed by atoms with E-state index in [1.54, 1.807) is 30.7 Å². The minimum Gasteiger partial charge on any atom is -0.354 e. The van der Waals surface area contributed by atoms with E-state index in [1.807, 2.05) is 0 Å². The normalized spacial score (nSPS) is 10.1. The molecule has 0 bridgehead atoms. The first-order valence-corrected chi connectivity index (χ1v) is 6.94. The summed E-state index contributed by atoms with van der Waals surface area (Å²) >= 11 is 3.28. The number of nitrogens with zero attached hydrogens (tertiary/aromatic N) is 3. The van der Waals surface area contributed by atoms with E-state index in [0.717, 1.165) is 10.9 Å². The quantitative estimate of drug-likeness (QED) is 0.787. The van der Waals surface area contributed by atoms with Crippen molar-refractivity contribution in [3.8, 4) is 0 Å². The number of halogens is 1. The van der Waals surface area contributed by atoms with Crippen LogP contribution in [0.3, 0.4) is 0 Å². The fourth-order valence-corrected chi connectivity index (χ4v) is 1.88. The SMILES string of the molecule is O=C(NCCCNc1ncccn1)c1cncc(Br)c1. The van der Waals surface area contributed by atoms with Crippen LogP contribution >= 0.6 is 15.9 Å². The number of carbonyl (C=O) groups excluding carboxylic acids is 1. The summed E-state index contributed by atoms with van der Waals surface area (Å²) in [5.74, 6) is 0.463. The second kappa shape index (κ2) is 7.54. The van der Waals surface area contributed by atoms with E-state index in [9.17, 15) is 4.79 Å². The average molecular weight is 336 g/mol. The van der Waals surface area contributed by atoms with Crippen LogP contribution in [0, 0.1) is 0 Å². The first kappa shape index (κ1) is 14.4. The van der Waals surface area contributed by atoms with Crippen LogP contribution in [0.5, 0.6) is 0 Å². The molecular formula is C13H14BrN5O. The average Bonchev–Trinajstić information content (AvgIpc) is 2.48. The van der Waals surface area contributed by atoms with Crippen molar-refractivity contribution in [2.45, 2.75) is 6.42 Å². The zero-order chi connectivity index (χ0) is 14.2. The molecule has 0 unspecified atom stereocenters. The largest absolute Gasteiger partial charge is 0.354 e. The molecule has 2 aromatic heterocycles. The molecule has 20 heavy (non-hydrogen) atoms. The maximum Gasteiger partial charge on any atom is 0.252 e. The van der Waals surface area contributed by atoms with Crippen molar-refractivity contribution in [1.29, 1.82) is 0 Å². The fraction of sp³-hybridized carbons (Fsp3) is 0.231. The highest BCUT2D eigenvalue weighted by molar-refractivity contribution is 9.10. The van der Waals surface area contributed by atoms with Gasteiger partial charge in [0.25, 0.3) is 5.91 Å². The van der Waals surface area contributed by atoms with E-state index in [1.165, 1.54) is 6.20 Å². The molecule has 0 spiro atoms. The molecule has 2 N–H and O–H groups in total. The van der Waals surface area contributed by atoms with Crippen molar-refractivity contribution >= 4 is 27.8 Å². The van der Waals surface area contributed by atoms with Gasteiger partial charge in [0.2, 0.25) is 5.95 Å². The fourth-order valence-electron chi connectivity index (χ4n) is 1.52. The first-order valence-electron chi connectivity index (χ1n) is 6.15. The van der Waals surface area contributed by atoms with Gasteiger partial charge in [-0.3, -0.25) is 9.78 Å². The summed E-state index contributed by atoms with van der Waals surface area (Å²) in [6, 6.07) is 3.50. The van der Waals surface area contributed by atoms with E-state index in [2.05, 4.69) is 41.5 Å². The Labute approximate surface area is 125 Å². The highest BCUT2D eigenvalue weighted by Gasteiger charge is 2.05. The minimum absolute atomic E-state index is 0.130. The van der Waals surface area contributed by atoms with E-state index in [-0.39, 0.29) is 5.91 Å². The minimum atomic E-state index is -0.130. The molecule has 0 aliphatic carbocycles. The number of carbonyl (C=O) groups is 1. The molecular weight excluding hydrogens is 322 g/mol. The van der Waals surface area contributed by atoms with Gasteiger partial charge in [-0.2, -0.15) is 0 Å². The number of hydrogen-bond acceptors (Lipinski definition) is 5. The molecule has 6 nitrogen and oxygen atoms in total. The summed E-state index contributed by atoms with van der Waals surface area (Å²) in [6.07, 6.45) is 7.32. The third-order valence-electron chi connectivity index (χ3n) is 2.46. The second-order valence-corrected chi connectivity index (χ2v) is 4.92. The van der Waals surface area contributed by atoms with Crippen LogP contribution in [0.15, 0.2) is 41.4 Å². The van der Waals surface area contributed by atoms with Gasteiger partial charge in [0, 0.05) is 42.3 Å². The molecule has 0 fully saturated rings. The Morgan fingerprint density at radius 1 is 1.20 bits per heavy atom. The van der Waals surface area contributed by atoms with Crippen LogP contribution in [0.1, 0.15) is 16.8 Å². The Hall–Kier alpha value is -2.02. The van der Waals surface area contributed by atoms with Crippen LogP contribution in [0.25, 0.3) is 0 Å². The molecule has 0 aromatic carbocycles. The summed E-state index contributed by atoms with van der Waals surface area (Å²) in [5.41, 5.74) is 0.540. The molecule has 2 aromatic rings. The first-order chi connectivity index (χ1) is 9.75. The van der Waals surface area contributed by atoms with E-state index < -0.39 is 0 Å². The number of amides is 1. The highest BCUT2D eigenvalue weighted by atomic mass is 79.9. The van der Waals surface area contributed by atoms with Gasteiger partial charge in [0.15, 0.2) is 0 Å². The number of nitrogens with one attached hydrogen (secondary N) is 2. The molecule has 0 saturated carbocycles. The maximum atomic E-state index is 11.8. The topological polar surface area (TPSA) is 79.8 Å². The maximum absolute atomic E-state index is 11.8. The lowest BCUT2D eigenvalue weighted by Gasteiger charge is -2.06. The molecule has 0 atom stereocenters. The smallest absolute Gasteiger partial charge is 0.252 e. The second-order valence-electron chi connectivity index (χ2n) is 4.00. The third kappa shape index (κ3) is 4.58. The highest BCUT2D eigenvalue weighted by Crippen LogP contribution is 2.09. The van der Waals surface area contributed by atoms with Gasteiger partial charge in [-0.25, -0.2) is 9.97 Å². The monoisotopic (exact) mass is 335 g/mol. The third-order valence-corrected chi connectivity index (χ3v) is 2.89. The van der Waals surface area contributed by atoms with E-state index >= 15 is 0 Å². The van der Waals surface area contributed by atoms with Gasteiger partial charge in [-0.1, -0.05) is 0 Å². The van der Waals surface area contributed by atoms with E-state index in [4.69, 9.17) is 0 Å². The van der Waals surface area contributed by atoms with Crippen LogP contribution in [0.4, 0.5) is 5.95 Å². The Morgan fingerprint density at radius 2 is 2.00 bits per heavy atom. The molecule has 2 heterocycles. The van der Waals surface area contributed by atoms with Gasteiger partial charge in [-0.15, -0.1) is 0 Å². The number of rotatable bonds is 6. The van der Waals surface area contributed by atoms with Crippen LogP contribution < -0.4 is 10.6 Å². The van der Waals surface area contributed by atoms with Gasteiger partial charge in [0.05, 0.1) is 5.56 Å². The molecule has 0 saturated heterocycles. The zero-order valence-corrected chi connectivity index (χ0v) is 12.3. The van der Waals surface area contributed by atoms with Gasteiger partial charge >= 0.3 is 0 Å². The predicted molar refractivity (Wildman–Crippen MR) is 79.4 cm³/mol. The number of anilines is 1. The summed E-state index contributed by atoms with van der Waals surface area (Å²) < 4.78 is 0.785. The summed E-state index contributed by atoms with van der Waals surface area (Å²) in [7, 11) is 0. The Morgan fingerprint density at radius 3 is 2.75 bits per heavy atom. The molecule has 7 heteroatoms. The van der Waals surface area contributed by atoms with Crippen LogP contribution in [-0.4, -0.2) is 33.9 Å². The van der Waals surface area contributed by atoms with Crippen molar-refractivity contribution in [3.05, 3.63) is 47.0 Å². The number of hydrogen-bond donors (Lipinski definition) is 2. The number of pyridine rings is 1. The van der Waals surface area contributed by atoms with Crippen LogP contribution in [-0.2, 0) is 0 Å². The standard InChI is InChI=1S/C13H14BrN5O/c14-11-7-10(8-15-9-11)12(20)16-3-1-4-17-13-18-5-2-6-19-13/h2,5-9H,1,3-4H2,(H,16,20)(H,17,18,19). The lowest BCUT2D eigenvalue weighted by atomic mass is 10.2. The van der Waals surface area contributed by atoms with E-state index in [0.29, 0.717) is 24.6 Å². The van der Waals surface area contributed by atoms with Crippen LogP contribution in [0.2, 0.25) is 0 Å². The van der Waals surface area contributed by atoms with Crippen molar-refractivity contribution in [1.82, 2.24) is 20.3 Å². The molecule has 0 aliphatic heterocycles. The molecule has 0 radical (unpaired) electrons. The summed E-state index contributed by atoms with van der Waals surface area (Å²) in [6.45, 7) is 1.27. The molecule has 1 amide bonds. The lowest BCUT2D eigenvalue weighted by Crippen LogP contribution is -2.26. The van der Waals surface area contributed by atoms with Crippen molar-refractivity contribution in [2.24, 2.45) is 0 Å². The summed E-state index contributed by atoms with van der Waals surface area (Å²) in [5, 5.41) is 5.91. The van der Waals surface area contributed by atoms with Crippen molar-refractivity contribution in [3.63, 3.8) is 0 Å². The molecule has 2 rings (SSSR count). The Kier molecular flexibility index (Phi) is 5.43. The van der Waals surface area contributed by atoms with Gasteiger partial charge in [-0.05, 0) is 34.5 Å². The number of aromatic nitrogens is 3. The Balaban J connectivity index is 1.67. The summed E-state index contributed by atoms with van der Waals surface area (Å²) in [4.78, 5) is 23.9. The van der Waals surface area contributed by atoms with Gasteiger partial charge in [0.1, 0.15) is 0 Å². The predicted octanol–water partition coefficient (Wildman–Crippen LogP) is 1.87. The molecule has 104 valence electrons. The van der Waals surface area contributed by atoms with Crippen molar-refractivity contribution < 1.29 is 4.79 Å². The Bertz CT molecular complexity index is 564. The van der Waals surface area contributed by atoms with Crippen molar-refractivity contribution in [2.75, 3.05) is 18.4 Å². The van der Waals surface area contributed by atoms with Gasteiger partial charge < -0.3 is 10.6 Å². The molecule has 0 aliphatic rings. The zero-order valence-electron chi connectivity index (χ0n) is 10.7. The lowest BCUT2D eigenvalue weighted by molar-refractivity contribution is 0.0953.